The summed E-state index contributed by atoms with van der Waals surface area (Å²) in [5.74, 6) is 0.533. The van der Waals surface area contributed by atoms with E-state index in [0.717, 1.165) is 0 Å². The molecule has 1 aliphatic rings. The zero-order chi connectivity index (χ0) is 14.3. The number of aromatic nitrogens is 2. The fourth-order valence-electron chi connectivity index (χ4n) is 1.82. The third-order valence-electron chi connectivity index (χ3n) is 3.63. The molecule has 2 heterocycles. The van der Waals surface area contributed by atoms with Gasteiger partial charge in [0, 0.05) is 6.20 Å². The molecule has 0 aliphatic carbocycles. The highest BCUT2D eigenvalue weighted by atomic mass is 16.7. The zero-order valence-electron chi connectivity index (χ0n) is 12.1. The Morgan fingerprint density at radius 1 is 1.26 bits per heavy atom. The van der Waals surface area contributed by atoms with E-state index in [4.69, 9.17) is 9.31 Å². The minimum absolute atomic E-state index is 0.0334. The third kappa shape index (κ3) is 2.85. The van der Waals surface area contributed by atoms with E-state index in [-0.39, 0.29) is 12.2 Å². The molecule has 1 aliphatic heterocycles. The largest absolute Gasteiger partial charge is 0.514 e. The molecule has 0 spiro atoms. The quantitative estimate of drug-likeness (QED) is 0.757. The second-order valence-electron chi connectivity index (χ2n) is 5.86. The first-order valence-corrected chi connectivity index (χ1v) is 6.38. The lowest BCUT2D eigenvalue weighted by Crippen LogP contribution is -2.41. The van der Waals surface area contributed by atoms with Gasteiger partial charge in [-0.15, -0.1) is 0 Å². The lowest BCUT2D eigenvalue weighted by atomic mass is 9.84. The average Bonchev–Trinajstić information content (AvgIpc) is 2.47. The van der Waals surface area contributed by atoms with Crippen molar-refractivity contribution in [2.24, 2.45) is 0 Å². The van der Waals surface area contributed by atoms with Crippen LogP contribution in [0.25, 0.3) is 0 Å². The monoisotopic (exact) mass is 262 g/mol. The summed E-state index contributed by atoms with van der Waals surface area (Å²) in [5, 5.41) is 0. The highest BCUT2D eigenvalue weighted by Crippen LogP contribution is 2.36. The number of hydrogen-bond acceptors (Lipinski definition) is 5. The number of nitrogens with zero attached hydrogens (tertiary/aromatic N) is 2. The van der Waals surface area contributed by atoms with Gasteiger partial charge in [-0.05, 0) is 40.7 Å². The molecule has 19 heavy (non-hydrogen) atoms. The van der Waals surface area contributed by atoms with Crippen LogP contribution in [-0.4, -0.2) is 34.1 Å². The summed E-state index contributed by atoms with van der Waals surface area (Å²) in [6, 6.07) is 1.76. The number of carbonyl (C=O) groups excluding carboxylic acids is 1. The first kappa shape index (κ1) is 14.2. The molecule has 0 amide bonds. The Bertz CT molecular complexity index is 486. The van der Waals surface area contributed by atoms with Crippen LogP contribution in [0.5, 0.6) is 0 Å². The molecule has 0 atom stereocenters. The van der Waals surface area contributed by atoms with Gasteiger partial charge < -0.3 is 9.31 Å². The van der Waals surface area contributed by atoms with Crippen LogP contribution >= 0.6 is 0 Å². The molecule has 1 fully saturated rings. The topological polar surface area (TPSA) is 61.3 Å². The molecule has 6 heteroatoms. The van der Waals surface area contributed by atoms with Crippen molar-refractivity contribution < 1.29 is 14.1 Å². The van der Waals surface area contributed by atoms with Gasteiger partial charge >= 0.3 is 7.12 Å². The number of hydrogen-bond donors (Lipinski definition) is 0. The van der Waals surface area contributed by atoms with E-state index in [2.05, 4.69) is 9.97 Å². The molecule has 0 N–H and O–H groups in total. The van der Waals surface area contributed by atoms with Gasteiger partial charge in [-0.1, -0.05) is 0 Å². The van der Waals surface area contributed by atoms with E-state index in [9.17, 15) is 4.79 Å². The molecule has 1 saturated heterocycles. The van der Waals surface area contributed by atoms with Crippen molar-refractivity contribution >= 4 is 18.5 Å². The van der Waals surface area contributed by atoms with Crippen LogP contribution in [0.3, 0.4) is 0 Å². The van der Waals surface area contributed by atoms with Crippen LogP contribution in [0.15, 0.2) is 12.3 Å². The minimum Gasteiger partial charge on any atom is -0.398 e. The fraction of sp³-hybridized carbons (Fsp3) is 0.615. The van der Waals surface area contributed by atoms with Gasteiger partial charge in [0.05, 0.1) is 23.2 Å². The van der Waals surface area contributed by atoms with E-state index in [1.54, 1.807) is 12.3 Å². The smallest absolute Gasteiger partial charge is 0.398 e. The van der Waals surface area contributed by atoms with Crippen molar-refractivity contribution in [2.75, 3.05) is 0 Å². The van der Waals surface area contributed by atoms with Crippen LogP contribution in [0.1, 0.15) is 40.4 Å². The summed E-state index contributed by atoms with van der Waals surface area (Å²) in [7, 11) is -0.515. The molecule has 0 aromatic carbocycles. The molecule has 2 rings (SSSR count). The number of Topliss-reactive ketones (excluding diaryl/α,β-unsaturated/α-hetero) is 1. The third-order valence-corrected chi connectivity index (χ3v) is 3.63. The lowest BCUT2D eigenvalue weighted by Gasteiger charge is -2.32. The standard InChI is InChI=1S/C13H19BN2O3/c1-9(17)8-11-15-7-6-10(16-11)14-18-12(2,3)13(4,5)19-14/h6-7H,8H2,1-5H3. The maximum atomic E-state index is 11.1. The summed E-state index contributed by atoms with van der Waals surface area (Å²) in [6.07, 6.45) is 1.86. The Balaban J connectivity index is 2.22. The average molecular weight is 262 g/mol. The van der Waals surface area contributed by atoms with Crippen molar-refractivity contribution in [3.8, 4) is 0 Å². The van der Waals surface area contributed by atoms with E-state index in [1.807, 2.05) is 27.7 Å². The Labute approximate surface area is 113 Å². The predicted molar refractivity (Wildman–Crippen MR) is 72.1 cm³/mol. The summed E-state index contributed by atoms with van der Waals surface area (Å²) in [5.41, 5.74) is -0.142. The number of rotatable bonds is 3. The molecule has 1 aromatic heterocycles. The Hall–Kier alpha value is -1.27. The van der Waals surface area contributed by atoms with Crippen LogP contribution in [0, 0.1) is 0 Å². The summed E-state index contributed by atoms with van der Waals surface area (Å²) >= 11 is 0. The first-order chi connectivity index (χ1) is 8.71. The number of ketones is 1. The van der Waals surface area contributed by atoms with Crippen molar-refractivity contribution in [2.45, 2.75) is 52.2 Å². The zero-order valence-corrected chi connectivity index (χ0v) is 12.1. The van der Waals surface area contributed by atoms with E-state index < -0.39 is 18.3 Å². The summed E-state index contributed by atoms with van der Waals surface area (Å²) in [6.45, 7) is 9.48. The normalized spacial score (nSPS) is 20.6. The summed E-state index contributed by atoms with van der Waals surface area (Å²) < 4.78 is 11.8. The van der Waals surface area contributed by atoms with Crippen molar-refractivity contribution in [1.29, 1.82) is 0 Å². The van der Waals surface area contributed by atoms with Crippen LogP contribution in [-0.2, 0) is 20.5 Å². The molecule has 0 saturated carbocycles. The maximum Gasteiger partial charge on any atom is 0.514 e. The minimum atomic E-state index is -0.515. The van der Waals surface area contributed by atoms with Gasteiger partial charge in [0.25, 0.3) is 0 Å². The molecule has 0 bridgehead atoms. The van der Waals surface area contributed by atoms with E-state index in [1.165, 1.54) is 6.92 Å². The van der Waals surface area contributed by atoms with Crippen LogP contribution < -0.4 is 5.59 Å². The molecular formula is C13H19BN2O3. The maximum absolute atomic E-state index is 11.1. The Morgan fingerprint density at radius 3 is 2.37 bits per heavy atom. The van der Waals surface area contributed by atoms with Gasteiger partial charge in [-0.2, -0.15) is 0 Å². The van der Waals surface area contributed by atoms with Crippen molar-refractivity contribution in [3.63, 3.8) is 0 Å². The molecule has 0 unspecified atom stereocenters. The summed E-state index contributed by atoms with van der Waals surface area (Å²) in [4.78, 5) is 19.5. The highest BCUT2D eigenvalue weighted by Gasteiger charge is 2.52. The number of carbonyl (C=O) groups is 1. The Morgan fingerprint density at radius 2 is 1.84 bits per heavy atom. The fourth-order valence-corrected chi connectivity index (χ4v) is 1.82. The Kier molecular flexibility index (Phi) is 3.49. The molecular weight excluding hydrogens is 243 g/mol. The van der Waals surface area contributed by atoms with Crippen LogP contribution in [0.2, 0.25) is 0 Å². The van der Waals surface area contributed by atoms with Gasteiger partial charge in [0.2, 0.25) is 0 Å². The van der Waals surface area contributed by atoms with Gasteiger partial charge in [0.15, 0.2) is 0 Å². The highest BCUT2D eigenvalue weighted by molar-refractivity contribution is 6.61. The second kappa shape index (κ2) is 4.69. The van der Waals surface area contributed by atoms with E-state index >= 15 is 0 Å². The van der Waals surface area contributed by atoms with Gasteiger partial charge in [-0.25, -0.2) is 9.97 Å². The second-order valence-corrected chi connectivity index (χ2v) is 5.86. The van der Waals surface area contributed by atoms with Gasteiger partial charge in [-0.3, -0.25) is 4.79 Å². The molecule has 102 valence electrons. The van der Waals surface area contributed by atoms with Crippen molar-refractivity contribution in [3.05, 3.63) is 18.1 Å². The predicted octanol–water partition coefficient (Wildman–Crippen LogP) is 0.907. The van der Waals surface area contributed by atoms with Gasteiger partial charge in [0.1, 0.15) is 11.6 Å². The molecule has 5 nitrogen and oxygen atoms in total. The molecule has 0 radical (unpaired) electrons. The van der Waals surface area contributed by atoms with E-state index in [0.29, 0.717) is 11.4 Å². The SMILES string of the molecule is CC(=O)Cc1nccc(B2OC(C)(C)C(C)(C)O2)n1. The lowest BCUT2D eigenvalue weighted by molar-refractivity contribution is -0.116. The molecule has 1 aromatic rings. The van der Waals surface area contributed by atoms with Crippen LogP contribution in [0.4, 0.5) is 0 Å². The van der Waals surface area contributed by atoms with Crippen molar-refractivity contribution in [1.82, 2.24) is 9.97 Å². The first-order valence-electron chi connectivity index (χ1n) is 6.38.